The van der Waals surface area contributed by atoms with Crippen LogP contribution in [0.4, 0.5) is 13.2 Å². The number of hydrogen-bond acceptors (Lipinski definition) is 6. The molecule has 0 saturated carbocycles. The van der Waals surface area contributed by atoms with E-state index in [1.165, 1.54) is 21.7 Å². The summed E-state index contributed by atoms with van der Waals surface area (Å²) in [5, 5.41) is 13.3. The van der Waals surface area contributed by atoms with Crippen LogP contribution in [0.15, 0.2) is 24.8 Å². The quantitative estimate of drug-likeness (QED) is 0.554. The molecule has 3 heterocycles. The SMILES string of the molecule is CC(C)n1ncnc1C(=O)NCc1cn2ncc(CNC(=O)CCC(F)(F)F)cc2n1. The van der Waals surface area contributed by atoms with Gasteiger partial charge in [0.25, 0.3) is 5.91 Å². The Morgan fingerprint density at radius 1 is 1.16 bits per heavy atom. The first-order valence-electron chi connectivity index (χ1n) is 9.46. The second-order valence-corrected chi connectivity index (χ2v) is 7.10. The van der Waals surface area contributed by atoms with E-state index in [4.69, 9.17) is 0 Å². The van der Waals surface area contributed by atoms with Gasteiger partial charge in [0.05, 0.1) is 31.1 Å². The van der Waals surface area contributed by atoms with Crippen molar-refractivity contribution >= 4 is 17.5 Å². The Morgan fingerprint density at radius 3 is 2.65 bits per heavy atom. The highest BCUT2D eigenvalue weighted by atomic mass is 19.4. The number of hydrogen-bond donors (Lipinski definition) is 2. The lowest BCUT2D eigenvalue weighted by molar-refractivity contribution is -0.144. The number of nitrogens with zero attached hydrogens (tertiary/aromatic N) is 6. The third kappa shape index (κ3) is 5.99. The van der Waals surface area contributed by atoms with Crippen molar-refractivity contribution in [2.24, 2.45) is 0 Å². The fourth-order valence-electron chi connectivity index (χ4n) is 2.73. The minimum Gasteiger partial charge on any atom is -0.352 e. The second kappa shape index (κ2) is 9.10. The van der Waals surface area contributed by atoms with E-state index in [0.29, 0.717) is 16.9 Å². The minimum absolute atomic E-state index is 0.0185. The van der Waals surface area contributed by atoms with Crippen LogP contribution in [0.3, 0.4) is 0 Å². The Bertz CT molecular complexity index is 1070. The monoisotopic (exact) mass is 438 g/mol. The summed E-state index contributed by atoms with van der Waals surface area (Å²) in [6.07, 6.45) is -1.74. The summed E-state index contributed by atoms with van der Waals surface area (Å²) in [6, 6.07) is 1.63. The van der Waals surface area contributed by atoms with Crippen LogP contribution >= 0.6 is 0 Å². The summed E-state index contributed by atoms with van der Waals surface area (Å²) in [5.41, 5.74) is 1.60. The first-order chi connectivity index (χ1) is 14.6. The molecule has 3 aromatic rings. The maximum atomic E-state index is 12.3. The van der Waals surface area contributed by atoms with Crippen LogP contribution in [0.1, 0.15) is 54.6 Å². The molecule has 0 unspecified atom stereocenters. The maximum Gasteiger partial charge on any atom is 0.389 e. The molecular formula is C18H21F3N8O2. The second-order valence-electron chi connectivity index (χ2n) is 7.10. The van der Waals surface area contributed by atoms with Crippen LogP contribution in [0.5, 0.6) is 0 Å². The summed E-state index contributed by atoms with van der Waals surface area (Å²) >= 11 is 0. The van der Waals surface area contributed by atoms with Crippen LogP contribution in [0.2, 0.25) is 0 Å². The molecule has 3 rings (SSSR count). The van der Waals surface area contributed by atoms with Crippen molar-refractivity contribution in [2.45, 2.75) is 52.0 Å². The van der Waals surface area contributed by atoms with E-state index >= 15 is 0 Å². The standard InChI is InChI=1S/C18H21F3N8O2/c1-11(2)29-16(24-10-26-29)17(31)23-8-13-9-28-14(27-13)5-12(7-25-28)6-22-15(30)3-4-18(19,20)21/h5,7,9-11H,3-4,6,8H2,1-2H3,(H,22,30)(H,23,31). The van der Waals surface area contributed by atoms with Gasteiger partial charge in [0, 0.05) is 19.0 Å². The molecule has 0 radical (unpaired) electrons. The zero-order valence-electron chi connectivity index (χ0n) is 16.8. The topological polar surface area (TPSA) is 119 Å². The molecule has 13 heteroatoms. The molecule has 2 N–H and O–H groups in total. The molecule has 10 nitrogen and oxygen atoms in total. The normalized spacial score (nSPS) is 11.8. The first-order valence-corrected chi connectivity index (χ1v) is 9.46. The summed E-state index contributed by atoms with van der Waals surface area (Å²) < 4.78 is 39.5. The summed E-state index contributed by atoms with van der Waals surface area (Å²) in [4.78, 5) is 32.2. The molecule has 0 fully saturated rings. The van der Waals surface area contributed by atoms with Crippen molar-refractivity contribution in [3.05, 3.63) is 41.9 Å². The van der Waals surface area contributed by atoms with Gasteiger partial charge in [-0.2, -0.15) is 23.4 Å². The predicted molar refractivity (Wildman–Crippen MR) is 102 cm³/mol. The number of halogens is 3. The van der Waals surface area contributed by atoms with Gasteiger partial charge >= 0.3 is 6.18 Å². The molecule has 0 aliphatic carbocycles. The molecule has 0 aliphatic heterocycles. The van der Waals surface area contributed by atoms with Gasteiger partial charge in [-0.05, 0) is 25.5 Å². The number of fused-ring (bicyclic) bond motifs is 1. The Kier molecular flexibility index (Phi) is 6.51. The van der Waals surface area contributed by atoms with Gasteiger partial charge in [-0.3, -0.25) is 9.59 Å². The van der Waals surface area contributed by atoms with E-state index in [1.54, 1.807) is 12.3 Å². The van der Waals surface area contributed by atoms with Gasteiger partial charge in [0.1, 0.15) is 6.33 Å². The molecule has 0 aliphatic rings. The number of imidazole rings is 1. The third-order valence-electron chi connectivity index (χ3n) is 4.25. The van der Waals surface area contributed by atoms with Crippen molar-refractivity contribution in [2.75, 3.05) is 0 Å². The fourth-order valence-corrected chi connectivity index (χ4v) is 2.73. The summed E-state index contributed by atoms with van der Waals surface area (Å²) in [7, 11) is 0. The van der Waals surface area contributed by atoms with Gasteiger partial charge in [0.15, 0.2) is 5.65 Å². The van der Waals surface area contributed by atoms with Crippen LogP contribution in [0, 0.1) is 0 Å². The Balaban J connectivity index is 1.57. The maximum absolute atomic E-state index is 12.3. The predicted octanol–water partition coefficient (Wildman–Crippen LogP) is 1.79. The van der Waals surface area contributed by atoms with E-state index in [-0.39, 0.29) is 25.0 Å². The molecule has 0 spiro atoms. The van der Waals surface area contributed by atoms with Crippen molar-refractivity contribution in [1.29, 1.82) is 0 Å². The highest BCUT2D eigenvalue weighted by molar-refractivity contribution is 5.90. The van der Waals surface area contributed by atoms with E-state index in [0.717, 1.165) is 0 Å². The van der Waals surface area contributed by atoms with Crippen molar-refractivity contribution in [3.8, 4) is 0 Å². The van der Waals surface area contributed by atoms with E-state index in [1.807, 2.05) is 13.8 Å². The highest BCUT2D eigenvalue weighted by Crippen LogP contribution is 2.21. The zero-order chi connectivity index (χ0) is 22.6. The van der Waals surface area contributed by atoms with E-state index in [9.17, 15) is 22.8 Å². The minimum atomic E-state index is -4.37. The van der Waals surface area contributed by atoms with Crippen molar-refractivity contribution in [1.82, 2.24) is 40.0 Å². The van der Waals surface area contributed by atoms with E-state index < -0.39 is 30.8 Å². The van der Waals surface area contributed by atoms with Gasteiger partial charge in [-0.15, -0.1) is 0 Å². The zero-order valence-corrected chi connectivity index (χ0v) is 16.8. The molecule has 0 aromatic carbocycles. The first kappa shape index (κ1) is 22.2. The Labute approximate surface area is 174 Å². The molecule has 31 heavy (non-hydrogen) atoms. The fraction of sp³-hybridized carbons (Fsp3) is 0.444. The molecule has 2 amide bonds. The number of carbonyl (C=O) groups is 2. The lowest BCUT2D eigenvalue weighted by atomic mass is 10.2. The molecule has 166 valence electrons. The molecule has 0 saturated heterocycles. The van der Waals surface area contributed by atoms with Crippen LogP contribution in [-0.4, -0.2) is 47.4 Å². The summed E-state index contributed by atoms with van der Waals surface area (Å²) in [5.74, 6) is -0.892. The number of amides is 2. The number of aromatic nitrogens is 6. The summed E-state index contributed by atoms with van der Waals surface area (Å²) in [6.45, 7) is 3.94. The van der Waals surface area contributed by atoms with Crippen LogP contribution < -0.4 is 10.6 Å². The molecular weight excluding hydrogens is 417 g/mol. The van der Waals surface area contributed by atoms with Crippen molar-refractivity contribution < 1.29 is 22.8 Å². The van der Waals surface area contributed by atoms with E-state index in [2.05, 4.69) is 30.8 Å². The smallest absolute Gasteiger partial charge is 0.352 e. The number of carbonyl (C=O) groups excluding carboxylic acids is 2. The Morgan fingerprint density at radius 2 is 1.94 bits per heavy atom. The van der Waals surface area contributed by atoms with Gasteiger partial charge < -0.3 is 10.6 Å². The van der Waals surface area contributed by atoms with Gasteiger partial charge in [-0.25, -0.2) is 19.2 Å². The Hall–Kier alpha value is -3.51. The number of nitrogens with one attached hydrogen (secondary N) is 2. The van der Waals surface area contributed by atoms with Crippen LogP contribution in [-0.2, 0) is 17.9 Å². The number of alkyl halides is 3. The lowest BCUT2D eigenvalue weighted by Crippen LogP contribution is -2.27. The van der Waals surface area contributed by atoms with Gasteiger partial charge in [-0.1, -0.05) is 0 Å². The number of rotatable bonds is 8. The molecule has 0 atom stereocenters. The van der Waals surface area contributed by atoms with Crippen molar-refractivity contribution in [3.63, 3.8) is 0 Å². The largest absolute Gasteiger partial charge is 0.389 e. The average molecular weight is 438 g/mol. The third-order valence-corrected chi connectivity index (χ3v) is 4.25. The molecule has 0 bridgehead atoms. The van der Waals surface area contributed by atoms with Gasteiger partial charge in [0.2, 0.25) is 11.7 Å². The average Bonchev–Trinajstić information content (AvgIpc) is 3.34. The lowest BCUT2D eigenvalue weighted by Gasteiger charge is -2.08. The van der Waals surface area contributed by atoms with Crippen LogP contribution in [0.25, 0.3) is 5.65 Å². The highest BCUT2D eigenvalue weighted by Gasteiger charge is 2.27. The molecule has 3 aromatic heterocycles.